The van der Waals surface area contributed by atoms with Crippen LogP contribution in [0, 0.1) is 0 Å². The van der Waals surface area contributed by atoms with E-state index in [1.807, 2.05) is 17.7 Å². The second-order valence-corrected chi connectivity index (χ2v) is 3.46. The van der Waals surface area contributed by atoms with E-state index in [2.05, 4.69) is 18.8 Å². The Bertz CT molecular complexity index is 278. The minimum absolute atomic E-state index is 0.0556. The summed E-state index contributed by atoms with van der Waals surface area (Å²) >= 11 is 0. The van der Waals surface area contributed by atoms with Crippen LogP contribution in [0.1, 0.15) is 45.0 Å². The monoisotopic (exact) mass is 180 g/mol. The molecule has 0 aliphatic rings. The quantitative estimate of drug-likeness (QED) is 0.665. The first-order chi connectivity index (χ1) is 6.20. The van der Waals surface area contributed by atoms with Crippen molar-refractivity contribution < 1.29 is 4.79 Å². The lowest BCUT2D eigenvalue weighted by Crippen LogP contribution is -2.12. The summed E-state index contributed by atoms with van der Waals surface area (Å²) in [6.45, 7) is 6.16. The standard InChI is InChI=1S/C10H16N2O/c1-4-9(7-13)12-6-5-11-10(12)8(2)3/h5-9H,4H2,1-3H3. The normalized spacial score (nSPS) is 13.2. The Morgan fingerprint density at radius 1 is 1.62 bits per heavy atom. The van der Waals surface area contributed by atoms with Gasteiger partial charge in [-0.3, -0.25) is 0 Å². The molecule has 0 aromatic carbocycles. The number of aldehydes is 1. The fraction of sp³-hybridized carbons (Fsp3) is 0.600. The lowest BCUT2D eigenvalue weighted by Gasteiger charge is -2.14. The number of carbonyl (C=O) groups excluding carboxylic acids is 1. The van der Waals surface area contributed by atoms with E-state index >= 15 is 0 Å². The minimum Gasteiger partial charge on any atom is -0.325 e. The van der Waals surface area contributed by atoms with Crippen LogP contribution in [0.2, 0.25) is 0 Å². The predicted octanol–water partition coefficient (Wildman–Crippen LogP) is 2.16. The summed E-state index contributed by atoms with van der Waals surface area (Å²) in [4.78, 5) is 15.0. The molecule has 13 heavy (non-hydrogen) atoms. The van der Waals surface area contributed by atoms with Gasteiger partial charge in [0.15, 0.2) is 0 Å². The van der Waals surface area contributed by atoms with Gasteiger partial charge in [-0.1, -0.05) is 20.8 Å². The van der Waals surface area contributed by atoms with Crippen molar-refractivity contribution in [3.63, 3.8) is 0 Å². The summed E-state index contributed by atoms with van der Waals surface area (Å²) in [5, 5.41) is 0. The zero-order chi connectivity index (χ0) is 9.84. The largest absolute Gasteiger partial charge is 0.325 e. The summed E-state index contributed by atoms with van der Waals surface area (Å²) in [5.41, 5.74) is 0. The van der Waals surface area contributed by atoms with Crippen molar-refractivity contribution in [2.45, 2.75) is 39.2 Å². The predicted molar refractivity (Wildman–Crippen MR) is 51.7 cm³/mol. The molecule has 1 unspecified atom stereocenters. The Hall–Kier alpha value is -1.12. The third kappa shape index (κ3) is 1.97. The fourth-order valence-electron chi connectivity index (χ4n) is 1.41. The summed E-state index contributed by atoms with van der Waals surface area (Å²) in [5.74, 6) is 1.35. The fourth-order valence-corrected chi connectivity index (χ4v) is 1.41. The number of nitrogens with zero attached hydrogens (tertiary/aromatic N) is 2. The zero-order valence-electron chi connectivity index (χ0n) is 8.40. The summed E-state index contributed by atoms with van der Waals surface area (Å²) in [7, 11) is 0. The van der Waals surface area contributed by atoms with Crippen molar-refractivity contribution in [1.82, 2.24) is 9.55 Å². The SMILES string of the molecule is CCC(C=O)n1ccnc1C(C)C. The van der Waals surface area contributed by atoms with E-state index in [-0.39, 0.29) is 6.04 Å². The van der Waals surface area contributed by atoms with Crippen molar-refractivity contribution in [2.24, 2.45) is 0 Å². The highest BCUT2D eigenvalue weighted by Crippen LogP contribution is 2.17. The van der Waals surface area contributed by atoms with Gasteiger partial charge in [0.05, 0.1) is 6.04 Å². The highest BCUT2D eigenvalue weighted by atomic mass is 16.1. The van der Waals surface area contributed by atoms with Crippen molar-refractivity contribution >= 4 is 6.29 Å². The van der Waals surface area contributed by atoms with Crippen LogP contribution in [-0.4, -0.2) is 15.8 Å². The van der Waals surface area contributed by atoms with Gasteiger partial charge in [0.1, 0.15) is 12.1 Å². The van der Waals surface area contributed by atoms with Gasteiger partial charge in [0, 0.05) is 18.3 Å². The molecule has 0 radical (unpaired) electrons. The van der Waals surface area contributed by atoms with Crippen LogP contribution in [0.3, 0.4) is 0 Å². The smallest absolute Gasteiger partial charge is 0.142 e. The average molecular weight is 180 g/mol. The number of hydrogen-bond acceptors (Lipinski definition) is 2. The minimum atomic E-state index is -0.0556. The van der Waals surface area contributed by atoms with E-state index < -0.39 is 0 Å². The van der Waals surface area contributed by atoms with Gasteiger partial charge in [-0.05, 0) is 6.42 Å². The Balaban J connectivity index is 2.98. The second-order valence-electron chi connectivity index (χ2n) is 3.46. The summed E-state index contributed by atoms with van der Waals surface area (Å²) in [6.07, 6.45) is 5.42. The molecule has 0 N–H and O–H groups in total. The molecule has 1 aromatic rings. The maximum absolute atomic E-state index is 10.8. The van der Waals surface area contributed by atoms with Crippen LogP contribution in [0.25, 0.3) is 0 Å². The molecule has 72 valence electrons. The highest BCUT2D eigenvalue weighted by molar-refractivity contribution is 5.55. The van der Waals surface area contributed by atoms with Crippen LogP contribution in [0.5, 0.6) is 0 Å². The van der Waals surface area contributed by atoms with Crippen LogP contribution in [-0.2, 0) is 4.79 Å². The Morgan fingerprint density at radius 2 is 2.31 bits per heavy atom. The maximum Gasteiger partial charge on any atom is 0.142 e. The lowest BCUT2D eigenvalue weighted by atomic mass is 10.2. The molecule has 0 amide bonds. The van der Waals surface area contributed by atoms with E-state index in [9.17, 15) is 4.79 Å². The molecule has 1 aromatic heterocycles. The second kappa shape index (κ2) is 4.21. The molecule has 1 heterocycles. The van der Waals surface area contributed by atoms with Crippen LogP contribution in [0.15, 0.2) is 12.4 Å². The molecular weight excluding hydrogens is 164 g/mol. The molecular formula is C10H16N2O. The van der Waals surface area contributed by atoms with Crippen molar-refractivity contribution in [1.29, 1.82) is 0 Å². The average Bonchev–Trinajstić information content (AvgIpc) is 2.55. The van der Waals surface area contributed by atoms with Gasteiger partial charge >= 0.3 is 0 Å². The van der Waals surface area contributed by atoms with Crippen molar-refractivity contribution in [2.75, 3.05) is 0 Å². The molecule has 0 saturated carbocycles. The molecule has 0 spiro atoms. The molecule has 1 atom stereocenters. The van der Waals surface area contributed by atoms with Gasteiger partial charge in [-0.15, -0.1) is 0 Å². The third-order valence-electron chi connectivity index (χ3n) is 2.15. The molecule has 0 saturated heterocycles. The topological polar surface area (TPSA) is 34.9 Å². The van der Waals surface area contributed by atoms with Gasteiger partial charge in [0.25, 0.3) is 0 Å². The zero-order valence-corrected chi connectivity index (χ0v) is 8.40. The number of rotatable bonds is 4. The number of imidazole rings is 1. The van der Waals surface area contributed by atoms with Gasteiger partial charge in [0.2, 0.25) is 0 Å². The molecule has 1 rings (SSSR count). The van der Waals surface area contributed by atoms with Crippen LogP contribution >= 0.6 is 0 Å². The molecule has 0 aliphatic heterocycles. The summed E-state index contributed by atoms with van der Waals surface area (Å²) < 4.78 is 1.96. The molecule has 0 bridgehead atoms. The molecule has 0 aliphatic carbocycles. The molecule has 3 heteroatoms. The Morgan fingerprint density at radius 3 is 2.77 bits per heavy atom. The number of hydrogen-bond donors (Lipinski definition) is 0. The van der Waals surface area contributed by atoms with Gasteiger partial charge in [-0.25, -0.2) is 4.98 Å². The van der Waals surface area contributed by atoms with Crippen LogP contribution < -0.4 is 0 Å². The first-order valence-corrected chi connectivity index (χ1v) is 4.68. The van der Waals surface area contributed by atoms with Gasteiger partial charge in [-0.2, -0.15) is 0 Å². The molecule has 3 nitrogen and oxygen atoms in total. The first kappa shape index (κ1) is 9.96. The summed E-state index contributed by atoms with van der Waals surface area (Å²) in [6, 6.07) is -0.0556. The Labute approximate surface area is 78.8 Å². The van der Waals surface area contributed by atoms with Gasteiger partial charge < -0.3 is 9.36 Å². The third-order valence-corrected chi connectivity index (χ3v) is 2.15. The number of aromatic nitrogens is 2. The van der Waals surface area contributed by atoms with Crippen molar-refractivity contribution in [3.05, 3.63) is 18.2 Å². The van der Waals surface area contributed by atoms with E-state index in [0.717, 1.165) is 18.5 Å². The number of carbonyl (C=O) groups is 1. The van der Waals surface area contributed by atoms with E-state index in [4.69, 9.17) is 0 Å². The van der Waals surface area contributed by atoms with Crippen LogP contribution in [0.4, 0.5) is 0 Å². The lowest BCUT2D eigenvalue weighted by molar-refractivity contribution is -0.110. The first-order valence-electron chi connectivity index (χ1n) is 4.68. The van der Waals surface area contributed by atoms with Crippen molar-refractivity contribution in [3.8, 4) is 0 Å². The highest BCUT2D eigenvalue weighted by Gasteiger charge is 2.13. The molecule has 0 fully saturated rings. The van der Waals surface area contributed by atoms with E-state index in [1.165, 1.54) is 0 Å². The maximum atomic E-state index is 10.8. The van der Waals surface area contributed by atoms with E-state index in [0.29, 0.717) is 5.92 Å². The van der Waals surface area contributed by atoms with E-state index in [1.54, 1.807) is 6.20 Å². The Kier molecular flexibility index (Phi) is 3.23.